The summed E-state index contributed by atoms with van der Waals surface area (Å²) in [5.74, 6) is 0. The third-order valence-electron chi connectivity index (χ3n) is 8.93. The zero-order valence-corrected chi connectivity index (χ0v) is 30.1. The quantitative estimate of drug-likeness (QED) is 0.0297. The number of nitrogens with one attached hydrogen (secondary N) is 3. The first-order valence-electron chi connectivity index (χ1n) is 18.9. The molecule has 0 aromatic rings. The van der Waals surface area contributed by atoms with Crippen molar-refractivity contribution in [1.29, 1.82) is 0 Å². The van der Waals surface area contributed by atoms with Crippen molar-refractivity contribution in [3.8, 4) is 0 Å². The van der Waals surface area contributed by atoms with Gasteiger partial charge in [-0.3, -0.25) is 0 Å². The Morgan fingerprint density at radius 2 is 0.978 bits per heavy atom. The fraction of sp³-hybridized carbons (Fsp3) is 0.972. The third kappa shape index (κ3) is 29.3. The maximum Gasteiger partial charge on any atom is 0.166 e. The molecule has 0 aliphatic rings. The zero-order valence-electron chi connectivity index (χ0n) is 29.3. The molecule has 0 rings (SSSR count). The van der Waals surface area contributed by atoms with Crippen molar-refractivity contribution < 1.29 is 25.5 Å². The average Bonchev–Trinajstić information content (AvgIpc) is 3.03. The number of rotatable bonds is 34. The van der Waals surface area contributed by atoms with Crippen LogP contribution in [0, 0.1) is 0 Å². The molecule has 0 aliphatic heterocycles. The van der Waals surface area contributed by atoms with Gasteiger partial charge in [-0.05, 0) is 25.1 Å². The molecule has 0 bridgehead atoms. The summed E-state index contributed by atoms with van der Waals surface area (Å²) >= 11 is 5.44. The minimum absolute atomic E-state index is 0.0582. The van der Waals surface area contributed by atoms with E-state index in [2.05, 4.69) is 22.9 Å². The lowest BCUT2D eigenvalue weighted by Crippen LogP contribution is -2.54. The van der Waals surface area contributed by atoms with Crippen LogP contribution in [0.5, 0.6) is 0 Å². The fourth-order valence-corrected chi connectivity index (χ4v) is 5.95. The molecule has 0 heterocycles. The van der Waals surface area contributed by atoms with Gasteiger partial charge in [0.05, 0.1) is 31.0 Å². The largest absolute Gasteiger partial charge is 0.394 e. The van der Waals surface area contributed by atoms with Gasteiger partial charge in [0, 0.05) is 26.1 Å². The summed E-state index contributed by atoms with van der Waals surface area (Å²) < 4.78 is 0. The first-order valence-corrected chi connectivity index (χ1v) is 19.3. The van der Waals surface area contributed by atoms with Crippen LogP contribution in [-0.4, -0.2) is 87.3 Å². The van der Waals surface area contributed by atoms with Crippen molar-refractivity contribution >= 4 is 17.3 Å². The van der Waals surface area contributed by atoms with E-state index in [9.17, 15) is 20.4 Å². The second kappa shape index (κ2) is 33.4. The molecule has 0 saturated carbocycles. The van der Waals surface area contributed by atoms with Crippen molar-refractivity contribution in [1.82, 2.24) is 16.0 Å². The summed E-state index contributed by atoms with van der Waals surface area (Å²) in [6.07, 6.45) is 27.1. The molecular weight excluding hydrogens is 586 g/mol. The predicted octanol–water partition coefficient (Wildman–Crippen LogP) is 6.25. The molecule has 0 aromatic heterocycles. The molecule has 5 unspecified atom stereocenters. The Kier molecular flexibility index (Phi) is 32.9. The highest BCUT2D eigenvalue weighted by Gasteiger charge is 2.23. The van der Waals surface area contributed by atoms with Crippen molar-refractivity contribution in [2.45, 2.75) is 198 Å². The highest BCUT2D eigenvalue weighted by Crippen LogP contribution is 2.15. The lowest BCUT2D eigenvalue weighted by Gasteiger charge is -2.28. The minimum Gasteiger partial charge on any atom is -0.394 e. The topological polar surface area (TPSA) is 137 Å². The van der Waals surface area contributed by atoms with Gasteiger partial charge in [-0.25, -0.2) is 0 Å². The molecule has 0 fully saturated rings. The number of thiocarbonyl (C=S) groups is 1. The molecule has 8 N–H and O–H groups in total. The van der Waals surface area contributed by atoms with Crippen LogP contribution >= 0.6 is 12.2 Å². The van der Waals surface area contributed by atoms with E-state index in [1.807, 2.05) is 6.92 Å². The molecule has 45 heavy (non-hydrogen) atoms. The van der Waals surface area contributed by atoms with E-state index in [1.165, 1.54) is 128 Å². The third-order valence-corrected chi connectivity index (χ3v) is 9.19. The van der Waals surface area contributed by atoms with Gasteiger partial charge >= 0.3 is 0 Å². The molecular formula is C36H75N3O5S. The van der Waals surface area contributed by atoms with Crippen LogP contribution in [0.25, 0.3) is 0 Å². The molecule has 8 nitrogen and oxygen atoms in total. The average molecular weight is 662 g/mol. The van der Waals surface area contributed by atoms with Gasteiger partial charge in [0.15, 0.2) is 5.11 Å². The standard InChI is InChI=1S/C36H75N3O5S/c1-3-5-6-7-8-9-10-11-12-13-14-15-16-17-18-19-20-21-22-23-24-25-26-38-36(45)39-32(33(42)27-31(41)4-2)28-37-29-34(43)35(44)30-40/h31-35,37,40-44H,3-30H2,1-2H3,(H2,38,39,45). The van der Waals surface area contributed by atoms with Crippen molar-refractivity contribution in [2.75, 3.05) is 26.2 Å². The molecule has 0 spiro atoms. The Morgan fingerprint density at radius 1 is 0.556 bits per heavy atom. The van der Waals surface area contributed by atoms with Crippen LogP contribution < -0.4 is 16.0 Å². The van der Waals surface area contributed by atoms with Gasteiger partial charge in [0.2, 0.25) is 0 Å². The van der Waals surface area contributed by atoms with Gasteiger partial charge in [0.1, 0.15) is 6.10 Å². The molecule has 270 valence electrons. The maximum absolute atomic E-state index is 10.6. The van der Waals surface area contributed by atoms with E-state index < -0.39 is 37.1 Å². The Hall–Kier alpha value is -0.550. The van der Waals surface area contributed by atoms with Gasteiger partial charge in [-0.15, -0.1) is 0 Å². The lowest BCUT2D eigenvalue weighted by molar-refractivity contribution is -0.0137. The van der Waals surface area contributed by atoms with E-state index in [0.717, 1.165) is 19.4 Å². The van der Waals surface area contributed by atoms with Gasteiger partial charge < -0.3 is 41.5 Å². The van der Waals surface area contributed by atoms with Gasteiger partial charge in [0.25, 0.3) is 0 Å². The Balaban J connectivity index is 3.72. The molecule has 0 radical (unpaired) electrons. The Labute approximate surface area is 282 Å². The summed E-state index contributed by atoms with van der Waals surface area (Å²) in [7, 11) is 0. The Morgan fingerprint density at radius 3 is 1.38 bits per heavy atom. The van der Waals surface area contributed by atoms with Gasteiger partial charge in [-0.1, -0.05) is 149 Å². The predicted molar refractivity (Wildman–Crippen MR) is 194 cm³/mol. The molecule has 0 saturated heterocycles. The Bertz CT molecular complexity index is 633. The molecule has 0 amide bonds. The minimum atomic E-state index is -1.22. The van der Waals surface area contributed by atoms with Crippen molar-refractivity contribution in [3.63, 3.8) is 0 Å². The van der Waals surface area contributed by atoms with Crippen molar-refractivity contribution in [3.05, 3.63) is 0 Å². The number of hydrogen-bond acceptors (Lipinski definition) is 7. The van der Waals surface area contributed by atoms with E-state index in [0.29, 0.717) is 11.5 Å². The molecule has 9 heteroatoms. The highest BCUT2D eigenvalue weighted by atomic mass is 32.1. The van der Waals surface area contributed by atoms with Gasteiger partial charge in [-0.2, -0.15) is 0 Å². The van der Waals surface area contributed by atoms with Crippen LogP contribution in [0.3, 0.4) is 0 Å². The highest BCUT2D eigenvalue weighted by molar-refractivity contribution is 7.80. The number of unbranched alkanes of at least 4 members (excludes halogenated alkanes) is 21. The molecule has 5 atom stereocenters. The number of aliphatic hydroxyl groups excluding tert-OH is 5. The molecule has 0 aliphatic carbocycles. The number of hydrogen-bond donors (Lipinski definition) is 8. The van der Waals surface area contributed by atoms with E-state index in [1.54, 1.807) is 0 Å². The van der Waals surface area contributed by atoms with Crippen LogP contribution in [0.15, 0.2) is 0 Å². The second-order valence-electron chi connectivity index (χ2n) is 13.3. The van der Waals surface area contributed by atoms with Crippen LogP contribution in [0.1, 0.15) is 168 Å². The van der Waals surface area contributed by atoms with E-state index >= 15 is 0 Å². The SMILES string of the molecule is CCCCCCCCCCCCCCCCCCCCCCCCNC(=S)NC(CNCC(O)C(O)CO)C(O)CC(O)CC. The van der Waals surface area contributed by atoms with Crippen LogP contribution in [0.2, 0.25) is 0 Å². The zero-order chi connectivity index (χ0) is 33.4. The summed E-state index contributed by atoms with van der Waals surface area (Å²) in [6.45, 7) is 4.71. The lowest BCUT2D eigenvalue weighted by atomic mass is 10.0. The normalized spacial score (nSPS) is 15.0. The summed E-state index contributed by atoms with van der Waals surface area (Å²) in [4.78, 5) is 0. The summed E-state index contributed by atoms with van der Waals surface area (Å²) in [5.41, 5.74) is 0. The maximum atomic E-state index is 10.6. The first kappa shape index (κ1) is 44.5. The second-order valence-corrected chi connectivity index (χ2v) is 13.7. The smallest absolute Gasteiger partial charge is 0.166 e. The summed E-state index contributed by atoms with van der Waals surface area (Å²) in [6, 6.07) is -0.478. The number of aliphatic hydroxyl groups is 5. The van der Waals surface area contributed by atoms with Crippen molar-refractivity contribution in [2.24, 2.45) is 0 Å². The monoisotopic (exact) mass is 662 g/mol. The van der Waals surface area contributed by atoms with E-state index in [4.69, 9.17) is 17.3 Å². The van der Waals surface area contributed by atoms with E-state index in [-0.39, 0.29) is 19.5 Å². The van der Waals surface area contributed by atoms with Crippen LogP contribution in [0.4, 0.5) is 0 Å². The van der Waals surface area contributed by atoms with Crippen LogP contribution in [-0.2, 0) is 0 Å². The molecule has 0 aromatic carbocycles. The first-order chi connectivity index (χ1) is 21.8. The summed E-state index contributed by atoms with van der Waals surface area (Å²) in [5, 5.41) is 58.8. The fourth-order valence-electron chi connectivity index (χ4n) is 5.69.